The zero-order valence-corrected chi connectivity index (χ0v) is 27.6. The van der Waals surface area contributed by atoms with E-state index in [1.807, 2.05) is 18.2 Å². The average molecular weight is 677 g/mol. The van der Waals surface area contributed by atoms with Gasteiger partial charge in [-0.05, 0) is 74.1 Å². The lowest BCUT2D eigenvalue weighted by Gasteiger charge is -2.27. The topological polar surface area (TPSA) is 162 Å². The Balaban J connectivity index is 1.11. The van der Waals surface area contributed by atoms with Crippen LogP contribution in [0.25, 0.3) is 16.6 Å². The van der Waals surface area contributed by atoms with Gasteiger partial charge in [0.2, 0.25) is 0 Å². The molecule has 0 bridgehead atoms. The van der Waals surface area contributed by atoms with Gasteiger partial charge in [0.15, 0.2) is 17.3 Å². The SMILES string of the molecule is COc1cc2c(Oc3ccc(NC(=O)c4cc5c(n(-c6ccccc6)c4=O)CC4(CC4)CC5=O)nc3)ccnc2cc1OCC[C@@](C)(O)CO. The van der Waals surface area contributed by atoms with Crippen molar-refractivity contribution in [2.75, 3.05) is 25.6 Å². The number of pyridine rings is 3. The third-order valence-corrected chi connectivity index (χ3v) is 9.33. The second kappa shape index (κ2) is 13.0. The first-order chi connectivity index (χ1) is 24.1. The molecule has 0 aliphatic heterocycles. The van der Waals surface area contributed by atoms with E-state index in [0.717, 1.165) is 12.8 Å². The molecular formula is C38H36N4O8. The molecule has 12 nitrogen and oxygen atoms in total. The number of nitrogens with one attached hydrogen (secondary N) is 1. The third-order valence-electron chi connectivity index (χ3n) is 9.33. The maximum Gasteiger partial charge on any atom is 0.268 e. The standard InChI is InChI=1S/C38H36N4O8/c1-37(47,22-43)13-15-49-33-18-28-25(17-32(33)48-2)31(10-14-39-28)50-24-8-9-34(40-21-24)41-35(45)27-16-26-29(19-38(11-12-38)20-30(26)44)42(36(27)46)23-6-4-3-5-7-23/h3-10,14,16-18,21,43,47H,11-13,15,19-20,22H2,1-2H3,(H,40,41,45)/t37-/m1/s1. The fourth-order valence-corrected chi connectivity index (χ4v) is 6.24. The minimum Gasteiger partial charge on any atom is -0.493 e. The van der Waals surface area contributed by atoms with Gasteiger partial charge in [-0.1, -0.05) is 18.2 Å². The Kier molecular flexibility index (Phi) is 8.58. The van der Waals surface area contributed by atoms with Crippen LogP contribution in [-0.2, 0) is 6.42 Å². The molecule has 50 heavy (non-hydrogen) atoms. The van der Waals surface area contributed by atoms with Gasteiger partial charge in [-0.3, -0.25) is 23.9 Å². The molecule has 1 spiro atoms. The number of hydrogen-bond acceptors (Lipinski definition) is 10. The van der Waals surface area contributed by atoms with E-state index in [2.05, 4.69) is 15.3 Å². The molecule has 3 aromatic heterocycles. The summed E-state index contributed by atoms with van der Waals surface area (Å²) >= 11 is 0. The minimum absolute atomic E-state index is 0.0561. The highest BCUT2D eigenvalue weighted by atomic mass is 16.5. The predicted octanol–water partition coefficient (Wildman–Crippen LogP) is 5.26. The Morgan fingerprint density at radius 2 is 1.80 bits per heavy atom. The summed E-state index contributed by atoms with van der Waals surface area (Å²) in [5, 5.41) is 22.7. The van der Waals surface area contributed by atoms with Gasteiger partial charge in [-0.2, -0.15) is 0 Å². The van der Waals surface area contributed by atoms with E-state index in [0.29, 0.717) is 63.7 Å². The molecule has 2 aliphatic carbocycles. The van der Waals surface area contributed by atoms with Gasteiger partial charge in [0.05, 0.1) is 37.6 Å². The lowest BCUT2D eigenvalue weighted by atomic mass is 9.82. The van der Waals surface area contributed by atoms with Gasteiger partial charge in [-0.15, -0.1) is 0 Å². The molecule has 12 heteroatoms. The fourth-order valence-electron chi connectivity index (χ4n) is 6.24. The number of benzene rings is 2. The number of carbonyl (C=O) groups excluding carboxylic acids is 2. The van der Waals surface area contributed by atoms with Gasteiger partial charge in [0.1, 0.15) is 22.9 Å². The molecule has 0 saturated heterocycles. The first-order valence-electron chi connectivity index (χ1n) is 16.3. The van der Waals surface area contributed by atoms with Crippen LogP contribution in [0, 0.1) is 5.41 Å². The number of para-hydroxylation sites is 1. The van der Waals surface area contributed by atoms with E-state index in [9.17, 15) is 24.6 Å². The number of anilines is 1. The molecule has 2 aromatic carbocycles. The summed E-state index contributed by atoms with van der Waals surface area (Å²) < 4.78 is 19.0. The molecule has 1 saturated carbocycles. The summed E-state index contributed by atoms with van der Waals surface area (Å²) in [6.07, 6.45) is 6.18. The lowest BCUT2D eigenvalue weighted by molar-refractivity contribution is -0.0141. The van der Waals surface area contributed by atoms with Crippen molar-refractivity contribution >= 4 is 28.4 Å². The third kappa shape index (κ3) is 6.55. The van der Waals surface area contributed by atoms with Crippen molar-refractivity contribution in [3.05, 3.63) is 106 Å². The zero-order valence-electron chi connectivity index (χ0n) is 27.6. The Bertz CT molecular complexity index is 2160. The molecule has 5 aromatic rings. The Labute approximate surface area is 287 Å². The zero-order chi connectivity index (χ0) is 35.0. The van der Waals surface area contributed by atoms with Crippen LogP contribution in [0.4, 0.5) is 5.82 Å². The number of rotatable bonds is 11. The molecule has 1 atom stereocenters. The van der Waals surface area contributed by atoms with Crippen LogP contribution in [0.3, 0.4) is 0 Å². The summed E-state index contributed by atoms with van der Waals surface area (Å²) in [7, 11) is 1.51. The van der Waals surface area contributed by atoms with Gasteiger partial charge >= 0.3 is 0 Å². The number of methoxy groups -OCH3 is 1. The molecule has 0 unspecified atom stereocenters. The van der Waals surface area contributed by atoms with Crippen molar-refractivity contribution in [2.45, 2.75) is 44.6 Å². The van der Waals surface area contributed by atoms with Gasteiger partial charge in [-0.25, -0.2) is 4.98 Å². The summed E-state index contributed by atoms with van der Waals surface area (Å²) in [5.41, 5.74) is 0.248. The van der Waals surface area contributed by atoms with Crippen molar-refractivity contribution in [1.29, 1.82) is 0 Å². The van der Waals surface area contributed by atoms with Crippen LogP contribution in [0.15, 0.2) is 83.9 Å². The highest BCUT2D eigenvalue weighted by Gasteiger charge is 2.49. The summed E-state index contributed by atoms with van der Waals surface area (Å²) in [5.74, 6) is 1.16. The number of carbonyl (C=O) groups is 2. The van der Waals surface area contributed by atoms with E-state index in [4.69, 9.17) is 14.2 Å². The Morgan fingerprint density at radius 1 is 1.00 bits per heavy atom. The van der Waals surface area contributed by atoms with Crippen LogP contribution >= 0.6 is 0 Å². The monoisotopic (exact) mass is 676 g/mol. The highest BCUT2D eigenvalue weighted by molar-refractivity contribution is 6.06. The highest BCUT2D eigenvalue weighted by Crippen LogP contribution is 2.54. The Morgan fingerprint density at radius 3 is 2.50 bits per heavy atom. The maximum absolute atomic E-state index is 13.9. The van der Waals surface area contributed by atoms with Crippen LogP contribution < -0.4 is 25.1 Å². The second-order valence-electron chi connectivity index (χ2n) is 13.2. The number of aliphatic hydroxyl groups excluding tert-OH is 1. The number of amides is 1. The molecule has 3 heterocycles. The van der Waals surface area contributed by atoms with E-state index >= 15 is 0 Å². The average Bonchev–Trinajstić information content (AvgIpc) is 3.86. The van der Waals surface area contributed by atoms with Crippen molar-refractivity contribution in [3.63, 3.8) is 0 Å². The van der Waals surface area contributed by atoms with Gasteiger partial charge in [0.25, 0.3) is 11.5 Å². The number of ketones is 1. The van der Waals surface area contributed by atoms with E-state index in [1.165, 1.54) is 30.9 Å². The van der Waals surface area contributed by atoms with Crippen LogP contribution in [0.2, 0.25) is 0 Å². The molecule has 2 aliphatic rings. The number of Topliss-reactive ketones (excluding diaryl/α,β-unsaturated/α-hetero) is 1. The number of hydrogen-bond donors (Lipinski definition) is 3. The number of aromatic nitrogens is 3. The van der Waals surface area contributed by atoms with Gasteiger partial charge < -0.3 is 29.7 Å². The minimum atomic E-state index is -1.26. The van der Waals surface area contributed by atoms with Crippen molar-refractivity contribution in [2.24, 2.45) is 5.41 Å². The Hall–Kier alpha value is -5.59. The lowest BCUT2D eigenvalue weighted by Crippen LogP contribution is -2.35. The summed E-state index contributed by atoms with van der Waals surface area (Å²) in [6, 6.07) is 18.8. The molecule has 1 fully saturated rings. The smallest absolute Gasteiger partial charge is 0.268 e. The van der Waals surface area contributed by atoms with Crippen molar-refractivity contribution < 1.29 is 34.0 Å². The molecular weight excluding hydrogens is 640 g/mol. The van der Waals surface area contributed by atoms with Gasteiger partial charge in [0, 0.05) is 47.4 Å². The maximum atomic E-state index is 13.9. The first-order valence-corrected chi connectivity index (χ1v) is 16.3. The molecule has 7 rings (SSSR count). The van der Waals surface area contributed by atoms with Crippen molar-refractivity contribution in [3.8, 4) is 28.7 Å². The molecule has 1 amide bonds. The normalized spacial score (nSPS) is 15.6. The fraction of sp³-hybridized carbons (Fsp3) is 0.289. The van der Waals surface area contributed by atoms with E-state index in [-0.39, 0.29) is 42.2 Å². The number of nitrogens with zero attached hydrogens (tertiary/aromatic N) is 3. The van der Waals surface area contributed by atoms with Crippen LogP contribution in [-0.4, -0.2) is 62.4 Å². The molecule has 256 valence electrons. The molecule has 0 radical (unpaired) electrons. The summed E-state index contributed by atoms with van der Waals surface area (Å²) in [4.78, 5) is 49.4. The number of aliphatic hydroxyl groups is 2. The van der Waals surface area contributed by atoms with E-state index in [1.54, 1.807) is 48.7 Å². The quantitative estimate of drug-likeness (QED) is 0.168. The molecule has 3 N–H and O–H groups in total. The van der Waals surface area contributed by atoms with E-state index < -0.39 is 17.1 Å². The largest absolute Gasteiger partial charge is 0.493 e. The van der Waals surface area contributed by atoms with Crippen LogP contribution in [0.5, 0.6) is 23.0 Å². The summed E-state index contributed by atoms with van der Waals surface area (Å²) in [6.45, 7) is 1.29. The first kappa shape index (κ1) is 32.9. The number of fused-ring (bicyclic) bond motifs is 2. The number of ether oxygens (including phenoxy) is 3. The second-order valence-corrected chi connectivity index (χ2v) is 13.2. The predicted molar refractivity (Wildman–Crippen MR) is 185 cm³/mol. The van der Waals surface area contributed by atoms with Crippen LogP contribution in [0.1, 0.15) is 59.0 Å². The van der Waals surface area contributed by atoms with Crippen molar-refractivity contribution in [1.82, 2.24) is 14.5 Å².